The Balaban J connectivity index is 2.62. The maximum Gasteiger partial charge on any atom is 0.161 e. The van der Waals surface area contributed by atoms with Crippen LogP contribution in [0.3, 0.4) is 0 Å². The minimum absolute atomic E-state index is 0.304. The lowest BCUT2D eigenvalue weighted by Gasteiger charge is -2.19. The third-order valence-electron chi connectivity index (χ3n) is 3.17. The Kier molecular flexibility index (Phi) is 7.58. The molecule has 1 unspecified atom stereocenters. The number of hydrogen-bond donors (Lipinski definition) is 1. The molecule has 4 nitrogen and oxygen atoms in total. The van der Waals surface area contributed by atoms with Crippen LogP contribution in [0.15, 0.2) is 31.0 Å². The van der Waals surface area contributed by atoms with E-state index < -0.39 is 0 Å². The number of rotatable bonds is 10. The summed E-state index contributed by atoms with van der Waals surface area (Å²) in [4.78, 5) is 0. The summed E-state index contributed by atoms with van der Waals surface area (Å²) in [6, 6.07) is 6.35. The lowest BCUT2D eigenvalue weighted by molar-refractivity contribution is 0.242. The quantitative estimate of drug-likeness (QED) is 0.527. The van der Waals surface area contributed by atoms with E-state index in [0.717, 1.165) is 30.9 Å². The second-order valence-electron chi connectivity index (χ2n) is 4.42. The van der Waals surface area contributed by atoms with Crippen molar-refractivity contribution in [2.75, 3.05) is 27.4 Å². The molecule has 0 saturated carbocycles. The Morgan fingerprint density at radius 2 is 2.00 bits per heavy atom. The standard InChI is InChI=1S/C16H25NO3/c1-5-14(17-10-7-11-20-6-2)13-8-9-15(18-3)16(12-13)19-4/h6,8-9,12,14,17H,2,5,7,10-11H2,1,3-4H3. The van der Waals surface area contributed by atoms with Crippen molar-refractivity contribution in [2.45, 2.75) is 25.8 Å². The summed E-state index contributed by atoms with van der Waals surface area (Å²) in [6.07, 6.45) is 3.44. The van der Waals surface area contributed by atoms with E-state index in [2.05, 4.69) is 24.9 Å². The molecule has 0 saturated heterocycles. The van der Waals surface area contributed by atoms with Crippen molar-refractivity contribution in [3.63, 3.8) is 0 Å². The molecule has 1 N–H and O–H groups in total. The van der Waals surface area contributed by atoms with Gasteiger partial charge in [0.2, 0.25) is 0 Å². The molecule has 0 radical (unpaired) electrons. The van der Waals surface area contributed by atoms with E-state index >= 15 is 0 Å². The number of methoxy groups -OCH3 is 2. The first-order chi connectivity index (χ1) is 9.76. The van der Waals surface area contributed by atoms with E-state index in [1.165, 1.54) is 11.8 Å². The van der Waals surface area contributed by atoms with Gasteiger partial charge in [-0.3, -0.25) is 0 Å². The number of nitrogens with one attached hydrogen (secondary N) is 1. The van der Waals surface area contributed by atoms with Crippen molar-refractivity contribution >= 4 is 0 Å². The number of hydrogen-bond acceptors (Lipinski definition) is 4. The molecule has 0 fully saturated rings. The van der Waals surface area contributed by atoms with Gasteiger partial charge < -0.3 is 19.5 Å². The zero-order chi connectivity index (χ0) is 14.8. The van der Waals surface area contributed by atoms with E-state index in [-0.39, 0.29) is 0 Å². The van der Waals surface area contributed by atoms with Crippen LogP contribution in [0, 0.1) is 0 Å². The molecule has 0 heterocycles. The maximum absolute atomic E-state index is 5.35. The van der Waals surface area contributed by atoms with Crippen molar-refractivity contribution in [3.05, 3.63) is 36.6 Å². The molecular formula is C16H25NO3. The van der Waals surface area contributed by atoms with Gasteiger partial charge in [-0.15, -0.1) is 0 Å². The predicted molar refractivity (Wildman–Crippen MR) is 81.3 cm³/mol. The zero-order valence-corrected chi connectivity index (χ0v) is 12.6. The van der Waals surface area contributed by atoms with Gasteiger partial charge in [0, 0.05) is 6.04 Å². The van der Waals surface area contributed by atoms with Crippen LogP contribution < -0.4 is 14.8 Å². The highest BCUT2D eigenvalue weighted by Crippen LogP contribution is 2.30. The molecule has 112 valence electrons. The Morgan fingerprint density at radius 1 is 1.25 bits per heavy atom. The molecule has 0 amide bonds. The normalized spacial score (nSPS) is 11.8. The molecule has 4 heteroatoms. The molecule has 20 heavy (non-hydrogen) atoms. The van der Waals surface area contributed by atoms with E-state index in [4.69, 9.17) is 14.2 Å². The Bertz CT molecular complexity index is 407. The molecule has 1 atom stereocenters. The first kappa shape index (κ1) is 16.4. The largest absolute Gasteiger partial charge is 0.502 e. The van der Waals surface area contributed by atoms with Crippen molar-refractivity contribution in [1.82, 2.24) is 5.32 Å². The Morgan fingerprint density at radius 3 is 2.60 bits per heavy atom. The summed E-state index contributed by atoms with van der Waals surface area (Å²) in [6.45, 7) is 7.28. The molecule has 1 aromatic carbocycles. The molecule has 0 aliphatic heterocycles. The van der Waals surface area contributed by atoms with E-state index in [1.807, 2.05) is 12.1 Å². The first-order valence-electron chi connectivity index (χ1n) is 6.94. The summed E-state index contributed by atoms with van der Waals surface area (Å²) in [5, 5.41) is 3.52. The van der Waals surface area contributed by atoms with E-state index in [0.29, 0.717) is 12.6 Å². The fourth-order valence-electron chi connectivity index (χ4n) is 2.08. The highest BCUT2D eigenvalue weighted by atomic mass is 16.5. The van der Waals surface area contributed by atoms with Gasteiger partial charge in [-0.1, -0.05) is 19.6 Å². The Hall–Kier alpha value is -1.68. The number of benzene rings is 1. The molecule has 0 aromatic heterocycles. The molecule has 0 bridgehead atoms. The van der Waals surface area contributed by atoms with Gasteiger partial charge in [-0.05, 0) is 37.1 Å². The summed E-state index contributed by atoms with van der Waals surface area (Å²) < 4.78 is 15.7. The van der Waals surface area contributed by atoms with Crippen molar-refractivity contribution in [1.29, 1.82) is 0 Å². The fraction of sp³-hybridized carbons (Fsp3) is 0.500. The van der Waals surface area contributed by atoms with Crippen molar-refractivity contribution < 1.29 is 14.2 Å². The van der Waals surface area contributed by atoms with Crippen LogP contribution >= 0.6 is 0 Å². The lowest BCUT2D eigenvalue weighted by atomic mass is 10.0. The molecule has 0 spiro atoms. The van der Waals surface area contributed by atoms with Gasteiger partial charge in [0.25, 0.3) is 0 Å². The van der Waals surface area contributed by atoms with Crippen molar-refractivity contribution in [3.8, 4) is 11.5 Å². The van der Waals surface area contributed by atoms with Crippen LogP contribution in [0.4, 0.5) is 0 Å². The van der Waals surface area contributed by atoms with Gasteiger partial charge in [-0.2, -0.15) is 0 Å². The van der Waals surface area contributed by atoms with Crippen LogP contribution in [-0.4, -0.2) is 27.4 Å². The van der Waals surface area contributed by atoms with Crippen LogP contribution in [0.5, 0.6) is 11.5 Å². The summed E-state index contributed by atoms with van der Waals surface area (Å²) in [5.74, 6) is 1.52. The second-order valence-corrected chi connectivity index (χ2v) is 4.42. The predicted octanol–water partition coefficient (Wildman–Crippen LogP) is 3.29. The summed E-state index contributed by atoms with van der Waals surface area (Å²) >= 11 is 0. The van der Waals surface area contributed by atoms with Crippen LogP contribution in [0.2, 0.25) is 0 Å². The average molecular weight is 279 g/mol. The highest BCUT2D eigenvalue weighted by molar-refractivity contribution is 5.43. The fourth-order valence-corrected chi connectivity index (χ4v) is 2.08. The van der Waals surface area contributed by atoms with Crippen LogP contribution in [0.25, 0.3) is 0 Å². The topological polar surface area (TPSA) is 39.7 Å². The number of ether oxygens (including phenoxy) is 3. The van der Waals surface area contributed by atoms with Crippen molar-refractivity contribution in [2.24, 2.45) is 0 Å². The van der Waals surface area contributed by atoms with Gasteiger partial charge in [-0.25, -0.2) is 0 Å². The van der Waals surface area contributed by atoms with Gasteiger partial charge in [0.1, 0.15) is 0 Å². The third-order valence-corrected chi connectivity index (χ3v) is 3.17. The maximum atomic E-state index is 5.35. The highest BCUT2D eigenvalue weighted by Gasteiger charge is 2.12. The monoisotopic (exact) mass is 279 g/mol. The van der Waals surface area contributed by atoms with E-state index in [1.54, 1.807) is 14.2 Å². The van der Waals surface area contributed by atoms with Crippen LogP contribution in [-0.2, 0) is 4.74 Å². The Labute approximate surface area is 121 Å². The average Bonchev–Trinajstić information content (AvgIpc) is 2.50. The van der Waals surface area contributed by atoms with Gasteiger partial charge in [0.05, 0.1) is 27.1 Å². The third kappa shape index (κ3) is 4.78. The van der Waals surface area contributed by atoms with Gasteiger partial charge >= 0.3 is 0 Å². The summed E-state index contributed by atoms with van der Waals surface area (Å²) in [5.41, 5.74) is 1.20. The van der Waals surface area contributed by atoms with Gasteiger partial charge in [0.15, 0.2) is 11.5 Å². The van der Waals surface area contributed by atoms with E-state index in [9.17, 15) is 0 Å². The molecule has 0 aliphatic rings. The van der Waals surface area contributed by atoms with Crippen LogP contribution in [0.1, 0.15) is 31.4 Å². The molecular weight excluding hydrogens is 254 g/mol. The smallest absolute Gasteiger partial charge is 0.161 e. The lowest BCUT2D eigenvalue weighted by Crippen LogP contribution is -2.22. The molecule has 1 rings (SSSR count). The second kappa shape index (κ2) is 9.26. The zero-order valence-electron chi connectivity index (χ0n) is 12.6. The SMILES string of the molecule is C=COCCCNC(CC)c1ccc(OC)c(OC)c1. The molecule has 0 aliphatic carbocycles. The minimum atomic E-state index is 0.304. The molecule has 1 aromatic rings. The minimum Gasteiger partial charge on any atom is -0.502 e. The first-order valence-corrected chi connectivity index (χ1v) is 6.94. The summed E-state index contributed by atoms with van der Waals surface area (Å²) in [7, 11) is 3.30.